The smallest absolute Gasteiger partial charge is 0.241 e. The van der Waals surface area contributed by atoms with Gasteiger partial charge >= 0.3 is 10.3 Å². The molecule has 7 heavy (non-hydrogen) atoms. The predicted octanol–water partition coefficient (Wildman–Crippen LogP) is -0.849. The second kappa shape index (κ2) is 1.18. The van der Waals surface area contributed by atoms with Gasteiger partial charge in [-0.1, -0.05) is 0 Å². The van der Waals surface area contributed by atoms with Crippen LogP contribution < -0.4 is 0 Å². The third-order valence-corrected chi connectivity index (χ3v) is 2.04. The summed E-state index contributed by atoms with van der Waals surface area (Å²) in [7, 11) is -1.77. The molecule has 1 fully saturated rings. The predicted molar refractivity (Wildman–Crippen MR) is 22.6 cm³/mol. The van der Waals surface area contributed by atoms with Crippen molar-refractivity contribution in [1.29, 1.82) is 0 Å². The Hall–Kier alpha value is -0.130. The molecule has 0 spiro atoms. The normalized spacial score (nSPS) is 29.3. The SMILES string of the molecule is CN1COS1(=O)=O. The van der Waals surface area contributed by atoms with Crippen molar-refractivity contribution < 1.29 is 12.6 Å². The highest BCUT2D eigenvalue weighted by Gasteiger charge is 2.29. The van der Waals surface area contributed by atoms with Gasteiger partial charge in [0.2, 0.25) is 0 Å². The van der Waals surface area contributed by atoms with Crippen LogP contribution in [0.15, 0.2) is 0 Å². The lowest BCUT2D eigenvalue weighted by Gasteiger charge is -2.24. The van der Waals surface area contributed by atoms with Crippen molar-refractivity contribution in [2.75, 3.05) is 13.8 Å². The van der Waals surface area contributed by atoms with E-state index in [4.69, 9.17) is 0 Å². The van der Waals surface area contributed by atoms with Gasteiger partial charge in [-0.25, -0.2) is 4.18 Å². The van der Waals surface area contributed by atoms with Crippen molar-refractivity contribution in [1.82, 2.24) is 4.31 Å². The zero-order valence-corrected chi connectivity index (χ0v) is 4.60. The molecular formula is C2H5NO3S. The van der Waals surface area contributed by atoms with Crippen molar-refractivity contribution in [3.63, 3.8) is 0 Å². The molecule has 1 aliphatic rings. The van der Waals surface area contributed by atoms with Crippen LogP contribution in [0.25, 0.3) is 0 Å². The molecule has 0 aromatic heterocycles. The van der Waals surface area contributed by atoms with Gasteiger partial charge in [0.15, 0.2) is 0 Å². The van der Waals surface area contributed by atoms with Crippen molar-refractivity contribution >= 4 is 10.3 Å². The van der Waals surface area contributed by atoms with Crippen molar-refractivity contribution in [2.24, 2.45) is 0 Å². The Morgan fingerprint density at radius 1 is 1.71 bits per heavy atom. The molecule has 1 heterocycles. The zero-order chi connectivity index (χ0) is 5.49. The van der Waals surface area contributed by atoms with Gasteiger partial charge in [0.1, 0.15) is 6.73 Å². The highest BCUT2D eigenvalue weighted by atomic mass is 32.2. The Morgan fingerprint density at radius 2 is 2.14 bits per heavy atom. The summed E-state index contributed by atoms with van der Waals surface area (Å²) in [6.45, 7) is 0.197. The minimum Gasteiger partial charge on any atom is -0.241 e. The van der Waals surface area contributed by atoms with E-state index in [2.05, 4.69) is 4.18 Å². The molecule has 0 saturated carbocycles. The monoisotopic (exact) mass is 123 g/mol. The highest BCUT2D eigenvalue weighted by molar-refractivity contribution is 7.85. The summed E-state index contributed by atoms with van der Waals surface area (Å²) in [4.78, 5) is 0. The Morgan fingerprint density at radius 3 is 2.14 bits per heavy atom. The second-order valence-corrected chi connectivity index (χ2v) is 3.02. The van der Waals surface area contributed by atoms with Crippen LogP contribution >= 0.6 is 0 Å². The van der Waals surface area contributed by atoms with Gasteiger partial charge in [-0.2, -0.15) is 12.7 Å². The van der Waals surface area contributed by atoms with Gasteiger partial charge in [0.25, 0.3) is 0 Å². The lowest BCUT2D eigenvalue weighted by atomic mass is 11.2. The molecule has 1 saturated heterocycles. The number of hydrogen-bond acceptors (Lipinski definition) is 3. The van der Waals surface area contributed by atoms with E-state index in [0.29, 0.717) is 0 Å². The Bertz CT molecular complexity index is 160. The first-order valence-electron chi connectivity index (χ1n) is 1.73. The largest absolute Gasteiger partial charge is 0.341 e. The molecular weight excluding hydrogens is 118 g/mol. The molecule has 0 bridgehead atoms. The van der Waals surface area contributed by atoms with Crippen LogP contribution in [-0.2, 0) is 14.5 Å². The van der Waals surface area contributed by atoms with Crippen molar-refractivity contribution in [3.05, 3.63) is 0 Å². The maximum Gasteiger partial charge on any atom is 0.341 e. The average molecular weight is 123 g/mol. The van der Waals surface area contributed by atoms with Gasteiger partial charge < -0.3 is 0 Å². The van der Waals surface area contributed by atoms with E-state index in [-0.39, 0.29) is 6.73 Å². The van der Waals surface area contributed by atoms with E-state index < -0.39 is 10.3 Å². The molecule has 5 heteroatoms. The second-order valence-electron chi connectivity index (χ2n) is 1.30. The first-order chi connectivity index (χ1) is 3.13. The quantitative estimate of drug-likeness (QED) is 0.421. The molecule has 0 aromatic rings. The van der Waals surface area contributed by atoms with Gasteiger partial charge in [-0.05, 0) is 0 Å². The van der Waals surface area contributed by atoms with E-state index in [0.717, 1.165) is 4.31 Å². The van der Waals surface area contributed by atoms with Crippen LogP contribution in [0.3, 0.4) is 0 Å². The number of hydrogen-bond donors (Lipinski definition) is 0. The molecule has 0 aromatic carbocycles. The van der Waals surface area contributed by atoms with E-state index >= 15 is 0 Å². The van der Waals surface area contributed by atoms with Crippen LogP contribution in [0.1, 0.15) is 0 Å². The zero-order valence-electron chi connectivity index (χ0n) is 3.79. The fraction of sp³-hybridized carbons (Fsp3) is 1.00. The third-order valence-electron chi connectivity index (χ3n) is 0.765. The number of rotatable bonds is 0. The van der Waals surface area contributed by atoms with E-state index in [1.807, 2.05) is 0 Å². The van der Waals surface area contributed by atoms with Gasteiger partial charge in [-0.3, -0.25) is 0 Å². The summed E-state index contributed by atoms with van der Waals surface area (Å²) in [5.74, 6) is 0. The molecule has 0 N–H and O–H groups in total. The summed E-state index contributed by atoms with van der Waals surface area (Å²) in [6, 6.07) is 0. The summed E-state index contributed by atoms with van der Waals surface area (Å²) >= 11 is 0. The third kappa shape index (κ3) is 0.624. The molecule has 0 atom stereocenters. The molecule has 42 valence electrons. The summed E-state index contributed by atoms with van der Waals surface area (Å²) < 4.78 is 25.5. The average Bonchev–Trinajstić information content (AvgIpc) is 1.63. The van der Waals surface area contributed by atoms with Gasteiger partial charge in [0.05, 0.1) is 0 Å². The Labute approximate surface area is 41.9 Å². The first kappa shape index (κ1) is 5.02. The van der Waals surface area contributed by atoms with Gasteiger partial charge in [0, 0.05) is 7.05 Å². The molecule has 0 aliphatic carbocycles. The molecule has 1 rings (SSSR count). The van der Waals surface area contributed by atoms with E-state index in [9.17, 15) is 8.42 Å². The highest BCUT2D eigenvalue weighted by Crippen LogP contribution is 2.09. The Balaban J connectivity index is 2.79. The fourth-order valence-electron chi connectivity index (χ4n) is 0.244. The molecule has 0 amide bonds. The summed E-state index contributed by atoms with van der Waals surface area (Å²) in [6.07, 6.45) is 0. The Kier molecular flexibility index (Phi) is 0.844. The van der Waals surface area contributed by atoms with Crippen molar-refractivity contribution in [3.8, 4) is 0 Å². The fourth-order valence-corrected chi connectivity index (χ4v) is 0.733. The van der Waals surface area contributed by atoms with Crippen LogP contribution in [0.2, 0.25) is 0 Å². The molecule has 1 aliphatic heterocycles. The first-order valence-corrected chi connectivity index (χ1v) is 3.10. The van der Waals surface area contributed by atoms with Crippen molar-refractivity contribution in [2.45, 2.75) is 0 Å². The van der Waals surface area contributed by atoms with E-state index in [1.165, 1.54) is 7.05 Å². The topological polar surface area (TPSA) is 46.6 Å². The van der Waals surface area contributed by atoms with E-state index in [1.54, 1.807) is 0 Å². The maximum absolute atomic E-state index is 10.1. The lowest BCUT2D eigenvalue weighted by molar-refractivity contribution is 0.129. The van der Waals surface area contributed by atoms with Crippen LogP contribution in [0.4, 0.5) is 0 Å². The van der Waals surface area contributed by atoms with Gasteiger partial charge in [-0.15, -0.1) is 0 Å². The standard InChI is InChI=1S/C2H5NO3S/c1-3-2-6-7(3,4)5/h2H2,1H3. The molecule has 0 unspecified atom stereocenters. The van der Waals surface area contributed by atoms with Crippen LogP contribution in [-0.4, -0.2) is 26.5 Å². The summed E-state index contributed by atoms with van der Waals surface area (Å²) in [5.41, 5.74) is 0. The summed E-state index contributed by atoms with van der Waals surface area (Å²) in [5, 5.41) is 0. The van der Waals surface area contributed by atoms with Crippen LogP contribution in [0.5, 0.6) is 0 Å². The van der Waals surface area contributed by atoms with Crippen LogP contribution in [0, 0.1) is 0 Å². The molecule has 4 nitrogen and oxygen atoms in total. The molecule has 0 radical (unpaired) electrons. The minimum atomic E-state index is -3.23. The lowest BCUT2D eigenvalue weighted by Crippen LogP contribution is -2.42. The maximum atomic E-state index is 10.1. The minimum absolute atomic E-state index is 0.197. The number of nitrogens with zero attached hydrogens (tertiary/aromatic N) is 1.